The van der Waals surface area contributed by atoms with E-state index in [-0.39, 0.29) is 17.7 Å². The summed E-state index contributed by atoms with van der Waals surface area (Å²) in [4.78, 5) is 33.3. The van der Waals surface area contributed by atoms with Crippen LogP contribution in [0.3, 0.4) is 0 Å². The number of aromatic nitrogens is 1. The molecule has 2 saturated heterocycles. The number of pyridine rings is 1. The monoisotopic (exact) mass is 393 g/mol. The predicted octanol–water partition coefficient (Wildman–Crippen LogP) is 3.14. The maximum absolute atomic E-state index is 12.8. The number of hydrogen-bond donors (Lipinski definition) is 0. The van der Waals surface area contributed by atoms with Crippen molar-refractivity contribution < 1.29 is 14.3 Å². The molecule has 2 aliphatic heterocycles. The Morgan fingerprint density at radius 3 is 2.34 bits per heavy atom. The van der Waals surface area contributed by atoms with E-state index in [4.69, 9.17) is 4.74 Å². The number of carbonyl (C=O) groups is 2. The Kier molecular flexibility index (Phi) is 6.08. The maximum Gasteiger partial charge on any atom is 0.253 e. The van der Waals surface area contributed by atoms with Gasteiger partial charge in [0.2, 0.25) is 5.91 Å². The van der Waals surface area contributed by atoms with Gasteiger partial charge in [0, 0.05) is 55.6 Å². The molecule has 0 spiro atoms. The largest absolute Gasteiger partial charge is 0.489 e. The fourth-order valence-corrected chi connectivity index (χ4v) is 4.05. The molecule has 4 rings (SSSR count). The van der Waals surface area contributed by atoms with Crippen LogP contribution in [-0.4, -0.2) is 52.8 Å². The van der Waals surface area contributed by atoms with Gasteiger partial charge < -0.3 is 14.5 Å². The Balaban J connectivity index is 1.28. The molecule has 0 aliphatic carbocycles. The van der Waals surface area contributed by atoms with E-state index in [0.29, 0.717) is 25.3 Å². The van der Waals surface area contributed by atoms with Gasteiger partial charge >= 0.3 is 0 Å². The Morgan fingerprint density at radius 1 is 0.966 bits per heavy atom. The molecule has 3 heterocycles. The molecule has 2 aliphatic rings. The van der Waals surface area contributed by atoms with Crippen LogP contribution in [0.5, 0.6) is 5.75 Å². The zero-order valence-electron chi connectivity index (χ0n) is 16.6. The maximum atomic E-state index is 12.8. The van der Waals surface area contributed by atoms with Crippen LogP contribution >= 0.6 is 0 Å². The summed E-state index contributed by atoms with van der Waals surface area (Å²) in [5.74, 6) is 1.10. The first-order chi connectivity index (χ1) is 14.2. The van der Waals surface area contributed by atoms with E-state index < -0.39 is 0 Å². The number of rotatable bonds is 5. The molecule has 1 aromatic carbocycles. The standard InChI is InChI=1S/C23H27N3O3/c27-22(26-14-9-20(10-15-26)23(28)25-12-1-2-13-25)19-5-7-21(8-6-19)29-17-18-4-3-11-24-16-18/h3-8,11,16,20H,1-2,9-10,12-15,17H2. The lowest BCUT2D eigenvalue weighted by Crippen LogP contribution is -2.43. The van der Waals surface area contributed by atoms with Crippen LogP contribution in [0.15, 0.2) is 48.8 Å². The number of nitrogens with zero attached hydrogens (tertiary/aromatic N) is 3. The van der Waals surface area contributed by atoms with E-state index in [0.717, 1.165) is 50.1 Å². The molecule has 0 radical (unpaired) electrons. The summed E-state index contributed by atoms with van der Waals surface area (Å²) < 4.78 is 5.75. The second-order valence-electron chi connectivity index (χ2n) is 7.77. The van der Waals surface area contributed by atoms with Gasteiger partial charge in [-0.1, -0.05) is 6.07 Å². The van der Waals surface area contributed by atoms with Gasteiger partial charge in [0.05, 0.1) is 0 Å². The van der Waals surface area contributed by atoms with E-state index in [2.05, 4.69) is 4.98 Å². The van der Waals surface area contributed by atoms with Crippen molar-refractivity contribution in [2.75, 3.05) is 26.2 Å². The molecular weight excluding hydrogens is 366 g/mol. The number of piperidine rings is 1. The topological polar surface area (TPSA) is 62.7 Å². The van der Waals surface area contributed by atoms with Crippen molar-refractivity contribution in [2.24, 2.45) is 5.92 Å². The van der Waals surface area contributed by atoms with Gasteiger partial charge in [-0.2, -0.15) is 0 Å². The molecule has 152 valence electrons. The van der Waals surface area contributed by atoms with Gasteiger partial charge in [0.25, 0.3) is 5.91 Å². The normalized spacial score (nSPS) is 17.4. The van der Waals surface area contributed by atoms with Crippen LogP contribution in [-0.2, 0) is 11.4 Å². The molecule has 0 atom stereocenters. The third-order valence-corrected chi connectivity index (χ3v) is 5.78. The van der Waals surface area contributed by atoms with Crippen molar-refractivity contribution >= 4 is 11.8 Å². The summed E-state index contributed by atoms with van der Waals surface area (Å²) >= 11 is 0. The highest BCUT2D eigenvalue weighted by molar-refractivity contribution is 5.94. The lowest BCUT2D eigenvalue weighted by Gasteiger charge is -2.33. The number of ether oxygens (including phenoxy) is 1. The van der Waals surface area contributed by atoms with Crippen LogP contribution in [0, 0.1) is 5.92 Å². The molecule has 0 N–H and O–H groups in total. The zero-order chi connectivity index (χ0) is 20.1. The second-order valence-corrected chi connectivity index (χ2v) is 7.77. The Labute approximate surface area is 171 Å². The van der Waals surface area contributed by atoms with Gasteiger partial charge in [0.15, 0.2) is 0 Å². The van der Waals surface area contributed by atoms with Gasteiger partial charge in [-0.15, -0.1) is 0 Å². The lowest BCUT2D eigenvalue weighted by atomic mass is 9.95. The highest BCUT2D eigenvalue weighted by atomic mass is 16.5. The van der Waals surface area contributed by atoms with E-state index in [1.165, 1.54) is 0 Å². The van der Waals surface area contributed by atoms with Crippen LogP contribution in [0.25, 0.3) is 0 Å². The number of amides is 2. The minimum absolute atomic E-state index is 0.0240. The molecule has 6 nitrogen and oxygen atoms in total. The average Bonchev–Trinajstić information content (AvgIpc) is 3.33. The Bertz CT molecular complexity index is 824. The predicted molar refractivity (Wildman–Crippen MR) is 109 cm³/mol. The summed E-state index contributed by atoms with van der Waals surface area (Å²) in [5, 5.41) is 0. The van der Waals surface area contributed by atoms with E-state index >= 15 is 0 Å². The van der Waals surface area contributed by atoms with Gasteiger partial charge in [-0.3, -0.25) is 14.6 Å². The molecule has 0 saturated carbocycles. The minimum Gasteiger partial charge on any atom is -0.489 e. The van der Waals surface area contributed by atoms with Crippen molar-refractivity contribution in [3.8, 4) is 5.75 Å². The molecular formula is C23H27N3O3. The molecule has 2 amide bonds. The summed E-state index contributed by atoms with van der Waals surface area (Å²) in [7, 11) is 0. The third-order valence-electron chi connectivity index (χ3n) is 5.78. The summed E-state index contributed by atoms with van der Waals surface area (Å²) in [6.45, 7) is 3.52. The van der Waals surface area contributed by atoms with E-state index in [9.17, 15) is 9.59 Å². The molecule has 0 bridgehead atoms. The van der Waals surface area contributed by atoms with Gasteiger partial charge in [-0.05, 0) is 56.0 Å². The highest BCUT2D eigenvalue weighted by Crippen LogP contribution is 2.24. The van der Waals surface area contributed by atoms with Crippen LogP contribution in [0.2, 0.25) is 0 Å². The quantitative estimate of drug-likeness (QED) is 0.783. The lowest BCUT2D eigenvalue weighted by molar-refractivity contribution is -0.135. The molecule has 29 heavy (non-hydrogen) atoms. The average molecular weight is 393 g/mol. The van der Waals surface area contributed by atoms with E-state index in [1.807, 2.05) is 46.2 Å². The van der Waals surface area contributed by atoms with Crippen molar-refractivity contribution in [1.82, 2.24) is 14.8 Å². The second kappa shape index (κ2) is 9.07. The Hall–Kier alpha value is -2.89. The first kappa shape index (κ1) is 19.4. The first-order valence-electron chi connectivity index (χ1n) is 10.4. The molecule has 2 aromatic rings. The van der Waals surface area contributed by atoms with Crippen molar-refractivity contribution in [3.63, 3.8) is 0 Å². The molecule has 6 heteroatoms. The van der Waals surface area contributed by atoms with Crippen molar-refractivity contribution in [1.29, 1.82) is 0 Å². The van der Waals surface area contributed by atoms with Crippen molar-refractivity contribution in [3.05, 3.63) is 59.9 Å². The molecule has 2 fully saturated rings. The third kappa shape index (κ3) is 4.75. The van der Waals surface area contributed by atoms with E-state index in [1.54, 1.807) is 12.4 Å². The summed E-state index contributed by atoms with van der Waals surface area (Å²) in [6, 6.07) is 11.1. The number of hydrogen-bond acceptors (Lipinski definition) is 4. The van der Waals surface area contributed by atoms with Crippen LogP contribution in [0.4, 0.5) is 0 Å². The number of benzene rings is 1. The fraction of sp³-hybridized carbons (Fsp3) is 0.435. The minimum atomic E-state index is 0.0240. The Morgan fingerprint density at radius 2 is 1.69 bits per heavy atom. The molecule has 1 aromatic heterocycles. The number of carbonyl (C=O) groups excluding carboxylic acids is 2. The fourth-order valence-electron chi connectivity index (χ4n) is 4.05. The van der Waals surface area contributed by atoms with Crippen LogP contribution in [0.1, 0.15) is 41.6 Å². The zero-order valence-corrected chi connectivity index (χ0v) is 16.6. The summed E-state index contributed by atoms with van der Waals surface area (Å²) in [5.41, 5.74) is 1.65. The number of likely N-dealkylation sites (tertiary alicyclic amines) is 2. The van der Waals surface area contributed by atoms with Crippen molar-refractivity contribution in [2.45, 2.75) is 32.3 Å². The van der Waals surface area contributed by atoms with Crippen LogP contribution < -0.4 is 4.74 Å². The smallest absolute Gasteiger partial charge is 0.253 e. The summed E-state index contributed by atoms with van der Waals surface area (Å²) in [6.07, 6.45) is 7.25. The van der Waals surface area contributed by atoms with Gasteiger partial charge in [-0.25, -0.2) is 0 Å². The van der Waals surface area contributed by atoms with Gasteiger partial charge in [0.1, 0.15) is 12.4 Å². The molecule has 0 unspecified atom stereocenters. The first-order valence-corrected chi connectivity index (χ1v) is 10.4. The highest BCUT2D eigenvalue weighted by Gasteiger charge is 2.31. The SMILES string of the molecule is O=C(c1ccc(OCc2cccnc2)cc1)N1CCC(C(=O)N2CCCC2)CC1.